The van der Waals surface area contributed by atoms with Crippen LogP contribution in [0.4, 0.5) is 0 Å². The van der Waals surface area contributed by atoms with Gasteiger partial charge in [0.2, 0.25) is 0 Å². The van der Waals surface area contributed by atoms with Gasteiger partial charge in [0.05, 0.1) is 11.2 Å². The van der Waals surface area contributed by atoms with Crippen molar-refractivity contribution in [1.82, 2.24) is 4.90 Å². The number of nitrogens with zero attached hydrogens (tertiary/aromatic N) is 1. The number of aryl methyl sites for hydroxylation is 1. The number of piperidine rings is 1. The summed E-state index contributed by atoms with van der Waals surface area (Å²) in [5.74, 6) is 0.981. The fourth-order valence-corrected chi connectivity index (χ4v) is 6.26. The first-order valence-electron chi connectivity index (χ1n) is 16.1. The maximum absolute atomic E-state index is 13.7. The molecule has 5 aromatic carbocycles. The number of rotatable bonds is 13. The Morgan fingerprint density at radius 3 is 2.28 bits per heavy atom. The second kappa shape index (κ2) is 14.7. The molecule has 0 spiro atoms. The number of hydrogen-bond donors (Lipinski definition) is 2. The molecule has 1 unspecified atom stereocenters. The summed E-state index contributed by atoms with van der Waals surface area (Å²) < 4.78 is 12.2. The van der Waals surface area contributed by atoms with Gasteiger partial charge in [0.25, 0.3) is 0 Å². The lowest BCUT2D eigenvalue weighted by atomic mass is 9.84. The van der Waals surface area contributed by atoms with Crippen LogP contribution in [-0.4, -0.2) is 53.2 Å². The van der Waals surface area contributed by atoms with Crippen molar-refractivity contribution in [2.24, 2.45) is 0 Å². The third kappa shape index (κ3) is 7.83. The summed E-state index contributed by atoms with van der Waals surface area (Å²) in [6, 6.07) is 39.4. The third-order valence-electron chi connectivity index (χ3n) is 8.90. The number of fused-ring (bicyclic) bond motifs is 1. The number of Topliss-reactive ketones (excluding diaryl/α,β-unsaturated/α-hetero) is 1. The topological polar surface area (TPSA) is 79.2 Å². The van der Waals surface area contributed by atoms with Crippen LogP contribution in [0.25, 0.3) is 10.8 Å². The Labute approximate surface area is 270 Å². The summed E-state index contributed by atoms with van der Waals surface area (Å²) in [5.41, 5.74) is 2.71. The van der Waals surface area contributed by atoms with Gasteiger partial charge in [-0.3, -0.25) is 4.79 Å². The van der Waals surface area contributed by atoms with Crippen LogP contribution in [0.15, 0.2) is 121 Å². The Morgan fingerprint density at radius 1 is 0.804 bits per heavy atom. The molecule has 5 aromatic rings. The summed E-state index contributed by atoms with van der Waals surface area (Å²) in [6.45, 7) is 2.21. The first-order valence-corrected chi connectivity index (χ1v) is 16.1. The number of β-amino-alcohol motifs (C(OH)–C–C–N with tert-alkyl or cyclic N) is 1. The van der Waals surface area contributed by atoms with Crippen molar-refractivity contribution in [2.45, 2.75) is 44.0 Å². The molecule has 1 heterocycles. The van der Waals surface area contributed by atoms with Gasteiger partial charge in [0.1, 0.15) is 30.8 Å². The van der Waals surface area contributed by atoms with Crippen molar-refractivity contribution in [1.29, 1.82) is 0 Å². The van der Waals surface area contributed by atoms with Crippen LogP contribution in [0.5, 0.6) is 11.5 Å². The summed E-state index contributed by atoms with van der Waals surface area (Å²) in [4.78, 5) is 15.9. The molecule has 0 radical (unpaired) electrons. The zero-order valence-corrected chi connectivity index (χ0v) is 26.1. The van der Waals surface area contributed by atoms with Gasteiger partial charge >= 0.3 is 0 Å². The molecule has 0 amide bonds. The summed E-state index contributed by atoms with van der Waals surface area (Å²) in [6.07, 6.45) is 1.36. The van der Waals surface area contributed by atoms with Gasteiger partial charge in [-0.1, -0.05) is 103 Å². The summed E-state index contributed by atoms with van der Waals surface area (Å²) in [5, 5.41) is 24.4. The van der Waals surface area contributed by atoms with Crippen molar-refractivity contribution in [3.63, 3.8) is 0 Å². The highest BCUT2D eigenvalue weighted by Crippen LogP contribution is 2.33. The molecule has 6 nitrogen and oxygen atoms in total. The van der Waals surface area contributed by atoms with Gasteiger partial charge in [-0.15, -0.1) is 0 Å². The van der Waals surface area contributed by atoms with E-state index in [0.29, 0.717) is 69.0 Å². The highest BCUT2D eigenvalue weighted by Gasteiger charge is 2.34. The van der Waals surface area contributed by atoms with Crippen LogP contribution in [0, 0.1) is 0 Å². The molecule has 1 saturated heterocycles. The van der Waals surface area contributed by atoms with Crippen molar-refractivity contribution < 1.29 is 24.5 Å². The minimum absolute atomic E-state index is 0.0428. The van der Waals surface area contributed by atoms with Gasteiger partial charge in [0.15, 0.2) is 5.78 Å². The van der Waals surface area contributed by atoms with Crippen LogP contribution >= 0.6 is 0 Å². The van der Waals surface area contributed by atoms with E-state index in [4.69, 9.17) is 9.47 Å². The monoisotopic (exact) mass is 615 g/mol. The summed E-state index contributed by atoms with van der Waals surface area (Å²) >= 11 is 0. The first-order chi connectivity index (χ1) is 22.5. The third-order valence-corrected chi connectivity index (χ3v) is 8.90. The number of ketones is 1. The number of carbonyl (C=O) groups excluding carboxylic acids is 1. The normalized spacial score (nSPS) is 15.3. The Balaban J connectivity index is 1.10. The predicted molar refractivity (Wildman–Crippen MR) is 181 cm³/mol. The van der Waals surface area contributed by atoms with Crippen LogP contribution in [0.3, 0.4) is 0 Å². The minimum atomic E-state index is -0.842. The van der Waals surface area contributed by atoms with Gasteiger partial charge in [-0.05, 0) is 64.9 Å². The molecule has 6 heteroatoms. The fourth-order valence-electron chi connectivity index (χ4n) is 6.26. The molecule has 1 atom stereocenters. The SMILES string of the molecule is O=C(CCc1cccc2ccccc12)c1cc(OCc2ccccc2)ccc1OCC(O)CN1CCC(O)(c2ccccc2)CC1. The van der Waals surface area contributed by atoms with Crippen LogP contribution < -0.4 is 9.47 Å². The second-order valence-electron chi connectivity index (χ2n) is 12.2. The molecule has 1 aliphatic rings. The molecule has 1 fully saturated rings. The molecular weight excluding hydrogens is 574 g/mol. The maximum atomic E-state index is 13.7. The van der Waals surface area contributed by atoms with Gasteiger partial charge in [-0.25, -0.2) is 0 Å². The lowest BCUT2D eigenvalue weighted by Gasteiger charge is -2.39. The smallest absolute Gasteiger partial charge is 0.167 e. The number of aliphatic hydroxyl groups is 2. The number of aliphatic hydroxyl groups excluding tert-OH is 1. The van der Waals surface area contributed by atoms with E-state index in [-0.39, 0.29) is 12.4 Å². The molecule has 0 aliphatic carbocycles. The molecule has 2 N–H and O–H groups in total. The Hall–Kier alpha value is -4.49. The van der Waals surface area contributed by atoms with Crippen molar-refractivity contribution in [3.8, 4) is 11.5 Å². The number of carbonyl (C=O) groups is 1. The Bertz CT molecular complexity index is 1730. The molecule has 0 aromatic heterocycles. The van der Waals surface area contributed by atoms with E-state index in [1.165, 1.54) is 0 Å². The van der Waals surface area contributed by atoms with E-state index in [9.17, 15) is 15.0 Å². The standard InChI is InChI=1S/C40H41NO5/c42-34(27-41-24-22-40(44,23-25-41)33-15-5-2-6-16-33)29-46-39-21-19-35(45-28-30-10-3-1-4-11-30)26-37(39)38(43)20-18-32-14-9-13-31-12-7-8-17-36(31)32/h1-17,19,21,26,34,42,44H,18,20,22-25,27-29H2. The number of hydrogen-bond acceptors (Lipinski definition) is 6. The molecular formula is C40H41NO5. The average molecular weight is 616 g/mol. The van der Waals surface area contributed by atoms with E-state index in [2.05, 4.69) is 29.2 Å². The van der Waals surface area contributed by atoms with Crippen molar-refractivity contribution in [2.75, 3.05) is 26.2 Å². The van der Waals surface area contributed by atoms with Crippen LogP contribution in [0.2, 0.25) is 0 Å². The molecule has 0 saturated carbocycles. The molecule has 236 valence electrons. The highest BCUT2D eigenvalue weighted by molar-refractivity contribution is 5.99. The quantitative estimate of drug-likeness (QED) is 0.140. The van der Waals surface area contributed by atoms with E-state index in [0.717, 1.165) is 27.5 Å². The lowest BCUT2D eigenvalue weighted by molar-refractivity contribution is -0.0372. The summed E-state index contributed by atoms with van der Waals surface area (Å²) in [7, 11) is 0. The van der Waals surface area contributed by atoms with E-state index >= 15 is 0 Å². The average Bonchev–Trinajstić information content (AvgIpc) is 3.11. The van der Waals surface area contributed by atoms with Crippen molar-refractivity contribution >= 4 is 16.6 Å². The highest BCUT2D eigenvalue weighted by atomic mass is 16.5. The number of likely N-dealkylation sites (tertiary alicyclic amines) is 1. The predicted octanol–water partition coefficient (Wildman–Crippen LogP) is 6.96. The second-order valence-corrected chi connectivity index (χ2v) is 12.2. The van der Waals surface area contributed by atoms with Crippen LogP contribution in [-0.2, 0) is 18.6 Å². The molecule has 1 aliphatic heterocycles. The molecule has 0 bridgehead atoms. The largest absolute Gasteiger partial charge is 0.490 e. The Morgan fingerprint density at radius 2 is 1.50 bits per heavy atom. The lowest BCUT2D eigenvalue weighted by Crippen LogP contribution is -2.46. The zero-order chi connectivity index (χ0) is 31.8. The molecule has 46 heavy (non-hydrogen) atoms. The Kier molecular flexibility index (Phi) is 10.1. The zero-order valence-electron chi connectivity index (χ0n) is 26.1. The number of benzene rings is 5. The van der Waals surface area contributed by atoms with E-state index in [1.807, 2.05) is 78.9 Å². The minimum Gasteiger partial charge on any atom is -0.490 e. The fraction of sp³-hybridized carbons (Fsp3) is 0.275. The van der Waals surface area contributed by atoms with Crippen molar-refractivity contribution in [3.05, 3.63) is 144 Å². The van der Waals surface area contributed by atoms with Gasteiger partial charge in [-0.2, -0.15) is 0 Å². The number of ether oxygens (including phenoxy) is 2. The maximum Gasteiger partial charge on any atom is 0.167 e. The van der Waals surface area contributed by atoms with Gasteiger partial charge < -0.3 is 24.6 Å². The van der Waals surface area contributed by atoms with E-state index in [1.54, 1.807) is 18.2 Å². The molecule has 6 rings (SSSR count). The van der Waals surface area contributed by atoms with Crippen LogP contribution in [0.1, 0.15) is 46.3 Å². The first kappa shape index (κ1) is 31.5. The van der Waals surface area contributed by atoms with Gasteiger partial charge in [0, 0.05) is 26.1 Å². The van der Waals surface area contributed by atoms with E-state index < -0.39 is 11.7 Å².